The Bertz CT molecular complexity index is 2020. The summed E-state index contributed by atoms with van der Waals surface area (Å²) in [5, 5.41) is 9.89. The first-order valence-corrected chi connectivity index (χ1v) is 22.1. The number of allylic oxidation sites excluding steroid dienone is 1. The summed E-state index contributed by atoms with van der Waals surface area (Å²) in [5.41, 5.74) is 28.9. The van der Waals surface area contributed by atoms with Crippen molar-refractivity contribution < 1.29 is 50.6 Å². The highest BCUT2D eigenvalue weighted by Crippen LogP contribution is 2.41. The second kappa shape index (κ2) is 35.3. The molecule has 0 aliphatic rings. The lowest BCUT2D eigenvalue weighted by Crippen LogP contribution is -2.23. The molecule has 4 amide bonds. The standard InChI is InChI=1S/C34H44F5N9O5.C7H16N4O.2C2H6/c1-4-33(35,36)22-18-24(46-28(49)8-6-7-13-45-32(42)43)29(53-15-12-41)25(19-22)48-30(50)20(3)16-26(44-5-2)31(51)47-23-17-21(34(37,38)39)9-10-27(23)52-14-11-40;1-10-6(12)4-2-3-5-11-7(8)9;2*1-2/h4-5,9-10,16-20H,1,6-8,11-15,40-41H2,2-3H3,(H,46,49)(H,47,51)(H,48,50)(H4,42,43,45);2-5H2,1H3,(H,10,12)(H4,8,9,11);2*1-2H3/b26-16-,44-5?;;;. The second-order valence-corrected chi connectivity index (χ2v) is 13.6. The molecule has 16 N–H and O–H groups in total. The molecule has 0 saturated heterocycles. The third-order valence-electron chi connectivity index (χ3n) is 8.37. The molecule has 69 heavy (non-hydrogen) atoms. The summed E-state index contributed by atoms with van der Waals surface area (Å²) in [6.45, 7) is 14.6. The number of hydrogen-bond donors (Lipinski definition) is 10. The SMILES string of the molecule is C=CC(F)(F)c1cc(NC(=O)CCCCN=C(N)N)c(OCCN)c(NC(=O)C(C)/C=C(\N=CC)C(=O)Nc2cc(C(F)(F)F)ccc2OCCN)c1.CC.CC.CNC(=O)CCCCN=C(N)N. The number of aliphatic imine (C=N–C) groups is 3. The molecule has 0 radical (unpaired) electrons. The Labute approximate surface area is 401 Å². The normalized spacial score (nSPS) is 11.4. The highest BCUT2D eigenvalue weighted by atomic mass is 19.4. The number of nitrogens with two attached hydrogens (primary N) is 6. The minimum atomic E-state index is -4.74. The van der Waals surface area contributed by atoms with Crippen LogP contribution < -0.4 is 65.1 Å². The predicted molar refractivity (Wildman–Crippen MR) is 264 cm³/mol. The van der Waals surface area contributed by atoms with Gasteiger partial charge in [0.05, 0.1) is 28.5 Å². The van der Waals surface area contributed by atoms with Gasteiger partial charge in [0.1, 0.15) is 24.7 Å². The number of halogens is 5. The molecule has 0 heterocycles. The third kappa shape index (κ3) is 26.3. The van der Waals surface area contributed by atoms with Gasteiger partial charge in [-0.1, -0.05) is 34.3 Å². The lowest BCUT2D eigenvalue weighted by molar-refractivity contribution is -0.137. The van der Waals surface area contributed by atoms with Crippen LogP contribution in [0.25, 0.3) is 0 Å². The van der Waals surface area contributed by atoms with Crippen LogP contribution in [0.1, 0.15) is 91.2 Å². The van der Waals surface area contributed by atoms with Crippen LogP contribution in [0.2, 0.25) is 0 Å². The van der Waals surface area contributed by atoms with Gasteiger partial charge in [0, 0.05) is 57.8 Å². The summed E-state index contributed by atoms with van der Waals surface area (Å²) >= 11 is 0. The Hall–Kier alpha value is -6.82. The summed E-state index contributed by atoms with van der Waals surface area (Å²) in [7, 11) is 1.62. The first-order chi connectivity index (χ1) is 32.6. The molecule has 1 atom stereocenters. The molecule has 0 bridgehead atoms. The van der Waals surface area contributed by atoms with Gasteiger partial charge in [-0.3, -0.25) is 34.2 Å². The van der Waals surface area contributed by atoms with Crippen LogP contribution in [0, 0.1) is 5.92 Å². The van der Waals surface area contributed by atoms with Crippen LogP contribution in [-0.4, -0.2) is 88.2 Å². The van der Waals surface area contributed by atoms with Crippen molar-refractivity contribution in [2.45, 2.75) is 92.2 Å². The Morgan fingerprint density at radius 2 is 1.25 bits per heavy atom. The largest absolute Gasteiger partial charge is 0.490 e. The van der Waals surface area contributed by atoms with Gasteiger partial charge in [0.25, 0.3) is 11.8 Å². The highest BCUT2D eigenvalue weighted by molar-refractivity contribution is 6.06. The topological polar surface area (TPSA) is 328 Å². The van der Waals surface area contributed by atoms with Crippen LogP contribution in [-0.2, 0) is 31.3 Å². The summed E-state index contributed by atoms with van der Waals surface area (Å²) in [5.74, 6) is -7.46. The summed E-state index contributed by atoms with van der Waals surface area (Å²) in [6, 6.07) is 4.37. The minimum Gasteiger partial charge on any atom is -0.490 e. The van der Waals surface area contributed by atoms with Gasteiger partial charge in [-0.25, -0.2) is 0 Å². The van der Waals surface area contributed by atoms with Crippen molar-refractivity contribution >= 4 is 58.8 Å². The monoisotopic (exact) mass is 986 g/mol. The first-order valence-electron chi connectivity index (χ1n) is 22.1. The number of anilines is 3. The maximum absolute atomic E-state index is 14.9. The molecule has 2 aromatic rings. The van der Waals surface area contributed by atoms with E-state index in [1.54, 1.807) is 7.05 Å². The molecule has 0 fully saturated rings. The van der Waals surface area contributed by atoms with Gasteiger partial charge < -0.3 is 65.1 Å². The van der Waals surface area contributed by atoms with Crippen molar-refractivity contribution in [3.8, 4) is 11.5 Å². The fraction of sp³-hybridized carbons (Fsp3) is 0.489. The fourth-order valence-corrected chi connectivity index (χ4v) is 5.15. The van der Waals surface area contributed by atoms with E-state index in [1.807, 2.05) is 27.7 Å². The molecular weight excluding hydrogens is 914 g/mol. The van der Waals surface area contributed by atoms with Crippen LogP contribution in [0.3, 0.4) is 0 Å². The smallest absolute Gasteiger partial charge is 0.416 e. The molecule has 24 heteroatoms. The quantitative estimate of drug-likeness (QED) is 0.0148. The van der Waals surface area contributed by atoms with Crippen LogP contribution >= 0.6 is 0 Å². The van der Waals surface area contributed by atoms with Gasteiger partial charge in [0.15, 0.2) is 17.7 Å². The van der Waals surface area contributed by atoms with E-state index in [0.717, 1.165) is 43.2 Å². The van der Waals surface area contributed by atoms with E-state index >= 15 is 0 Å². The summed E-state index contributed by atoms with van der Waals surface area (Å²) in [4.78, 5) is 61.9. The minimum absolute atomic E-state index is 0.0202. The molecule has 0 saturated carbocycles. The Morgan fingerprint density at radius 3 is 1.72 bits per heavy atom. The molecule has 19 nitrogen and oxygen atoms in total. The van der Waals surface area contributed by atoms with Crippen molar-refractivity contribution in [2.75, 3.05) is 62.4 Å². The number of carbonyl (C=O) groups is 4. The van der Waals surface area contributed by atoms with E-state index in [0.29, 0.717) is 37.9 Å². The first kappa shape index (κ1) is 64.3. The zero-order valence-electron chi connectivity index (χ0n) is 40.5. The molecule has 1 unspecified atom stereocenters. The van der Waals surface area contributed by atoms with E-state index < -0.39 is 46.9 Å². The summed E-state index contributed by atoms with van der Waals surface area (Å²) < 4.78 is 81.3. The number of carbonyl (C=O) groups excluding carboxylic acids is 4. The van der Waals surface area contributed by atoms with Crippen LogP contribution in [0.15, 0.2) is 69.7 Å². The number of hydrogen-bond acceptors (Lipinski definition) is 11. The number of ether oxygens (including phenoxy) is 2. The zero-order chi connectivity index (χ0) is 53.2. The fourth-order valence-electron chi connectivity index (χ4n) is 5.15. The molecule has 0 spiro atoms. The molecule has 0 aliphatic heterocycles. The lowest BCUT2D eigenvalue weighted by Gasteiger charge is -2.22. The molecular formula is C45H72F5N13O6. The maximum atomic E-state index is 14.9. The lowest BCUT2D eigenvalue weighted by atomic mass is 10.0. The van der Waals surface area contributed by atoms with Crippen molar-refractivity contribution in [1.82, 2.24) is 5.32 Å². The van der Waals surface area contributed by atoms with Crippen molar-refractivity contribution in [3.63, 3.8) is 0 Å². The number of nitrogens with zero attached hydrogens (tertiary/aromatic N) is 3. The van der Waals surface area contributed by atoms with E-state index in [2.05, 4.69) is 42.8 Å². The Balaban J connectivity index is 0. The molecule has 388 valence electrons. The van der Waals surface area contributed by atoms with Gasteiger partial charge in [-0.05, 0) is 82.0 Å². The molecule has 2 rings (SSSR count). The van der Waals surface area contributed by atoms with Crippen LogP contribution in [0.5, 0.6) is 11.5 Å². The van der Waals surface area contributed by atoms with E-state index in [1.165, 1.54) is 20.1 Å². The van der Waals surface area contributed by atoms with Crippen LogP contribution in [0.4, 0.5) is 39.0 Å². The van der Waals surface area contributed by atoms with E-state index in [9.17, 15) is 41.1 Å². The maximum Gasteiger partial charge on any atom is 0.416 e. The number of rotatable bonds is 25. The highest BCUT2D eigenvalue weighted by Gasteiger charge is 2.33. The molecule has 0 aliphatic carbocycles. The van der Waals surface area contributed by atoms with E-state index in [-0.39, 0.29) is 91.4 Å². The third-order valence-corrected chi connectivity index (χ3v) is 8.37. The average Bonchev–Trinajstić information content (AvgIpc) is 3.31. The van der Waals surface area contributed by atoms with Crippen molar-refractivity contribution in [2.24, 2.45) is 55.3 Å². The zero-order valence-corrected chi connectivity index (χ0v) is 40.5. The van der Waals surface area contributed by atoms with Crippen molar-refractivity contribution in [3.05, 3.63) is 65.9 Å². The number of amides is 4. The molecule has 0 aromatic heterocycles. The van der Waals surface area contributed by atoms with Gasteiger partial charge in [-0.15, -0.1) is 0 Å². The Morgan fingerprint density at radius 1 is 0.739 bits per heavy atom. The average molecular weight is 986 g/mol. The number of unbranched alkanes of at least 4 members (excludes halogenated alkanes) is 2. The predicted octanol–water partition coefficient (Wildman–Crippen LogP) is 5.46. The summed E-state index contributed by atoms with van der Waals surface area (Å²) in [6.07, 6.45) is 0.910. The number of nitrogens with one attached hydrogen (secondary N) is 4. The van der Waals surface area contributed by atoms with E-state index in [4.69, 9.17) is 43.9 Å². The molecule has 2 aromatic carbocycles. The van der Waals surface area contributed by atoms with Gasteiger partial charge >= 0.3 is 6.18 Å². The number of benzene rings is 2. The Kier molecular flexibility index (Phi) is 32.9. The number of guanidine groups is 2. The van der Waals surface area contributed by atoms with Gasteiger partial charge in [-0.2, -0.15) is 22.0 Å². The van der Waals surface area contributed by atoms with Gasteiger partial charge in [0.2, 0.25) is 17.7 Å². The van der Waals surface area contributed by atoms with Crippen molar-refractivity contribution in [1.29, 1.82) is 0 Å². The number of alkyl halides is 5. The second-order valence-electron chi connectivity index (χ2n) is 13.6.